The molecule has 158 valence electrons. The van der Waals surface area contributed by atoms with Gasteiger partial charge in [-0.1, -0.05) is 0 Å². The normalized spacial score (nSPS) is 14.9. The highest BCUT2D eigenvalue weighted by molar-refractivity contribution is 6.04. The summed E-state index contributed by atoms with van der Waals surface area (Å²) in [5.74, 6) is 0.491. The Morgan fingerprint density at radius 2 is 2.10 bits per heavy atom. The van der Waals surface area contributed by atoms with Gasteiger partial charge < -0.3 is 14.6 Å². The first-order chi connectivity index (χ1) is 15.1. The maximum atomic E-state index is 13.6. The molecule has 0 spiro atoms. The van der Waals surface area contributed by atoms with E-state index in [1.807, 2.05) is 12.1 Å². The van der Waals surface area contributed by atoms with E-state index in [0.717, 1.165) is 23.4 Å². The second-order valence-electron chi connectivity index (χ2n) is 7.88. The number of benzene rings is 2. The zero-order valence-electron chi connectivity index (χ0n) is 17.2. The average Bonchev–Trinajstić information content (AvgIpc) is 3.41. The van der Waals surface area contributed by atoms with Crippen LogP contribution in [-0.2, 0) is 6.54 Å². The largest absolute Gasteiger partial charge is 0.496 e. The molecule has 0 aliphatic carbocycles. The Hall–Kier alpha value is -3.52. The fraction of sp³-hybridized carbons (Fsp3) is 0.261. The fourth-order valence-corrected chi connectivity index (χ4v) is 4.27. The first kappa shape index (κ1) is 19.4. The van der Waals surface area contributed by atoms with E-state index in [2.05, 4.69) is 21.1 Å². The van der Waals surface area contributed by atoms with E-state index in [9.17, 15) is 9.18 Å². The maximum absolute atomic E-state index is 13.6. The van der Waals surface area contributed by atoms with E-state index < -0.39 is 0 Å². The van der Waals surface area contributed by atoms with Crippen molar-refractivity contribution in [1.82, 2.24) is 14.6 Å². The highest BCUT2D eigenvalue weighted by Crippen LogP contribution is 2.22. The van der Waals surface area contributed by atoms with Gasteiger partial charge in [0.15, 0.2) is 0 Å². The lowest BCUT2D eigenvalue weighted by Crippen LogP contribution is -3.08. The first-order valence-electron chi connectivity index (χ1n) is 10.4. The topological polar surface area (TPSA) is 76.7 Å². The lowest BCUT2D eigenvalue weighted by Gasteiger charge is -2.15. The van der Waals surface area contributed by atoms with Gasteiger partial charge in [0.25, 0.3) is 5.56 Å². The van der Waals surface area contributed by atoms with Gasteiger partial charge >= 0.3 is 0 Å². The number of aromatic nitrogens is 3. The maximum Gasteiger partial charge on any atom is 0.298 e. The zero-order valence-corrected chi connectivity index (χ0v) is 17.2. The molecule has 1 saturated heterocycles. The highest BCUT2D eigenvalue weighted by atomic mass is 19.1. The van der Waals surface area contributed by atoms with Crippen LogP contribution in [0.2, 0.25) is 0 Å². The van der Waals surface area contributed by atoms with Crippen LogP contribution in [0.3, 0.4) is 0 Å². The van der Waals surface area contributed by atoms with Crippen molar-refractivity contribution < 1.29 is 14.0 Å². The summed E-state index contributed by atoms with van der Waals surface area (Å²) in [5.41, 5.74) is 3.06. The van der Waals surface area contributed by atoms with Crippen LogP contribution in [0.5, 0.6) is 5.75 Å². The lowest BCUT2D eigenvalue weighted by molar-refractivity contribution is -0.901. The number of nitrogens with zero attached hydrogens (tertiary/aromatic N) is 3. The molecule has 0 atom stereocenters. The smallest absolute Gasteiger partial charge is 0.298 e. The molecular weight excluding hydrogens is 397 g/mol. The Morgan fingerprint density at radius 3 is 2.90 bits per heavy atom. The van der Waals surface area contributed by atoms with Gasteiger partial charge in [0.1, 0.15) is 35.5 Å². The molecule has 7 nitrogen and oxygen atoms in total. The number of methoxy groups -OCH3 is 1. The minimum absolute atomic E-state index is 0.299. The van der Waals surface area contributed by atoms with E-state index >= 15 is 0 Å². The van der Waals surface area contributed by atoms with Crippen molar-refractivity contribution >= 4 is 28.2 Å². The lowest BCUT2D eigenvalue weighted by atomic mass is 10.1. The van der Waals surface area contributed by atoms with E-state index in [4.69, 9.17) is 4.74 Å². The number of hydrogen-bond donors (Lipinski definition) is 2. The Labute approximate surface area is 177 Å². The molecule has 5 rings (SSSR count). The van der Waals surface area contributed by atoms with Crippen LogP contribution >= 0.6 is 0 Å². The summed E-state index contributed by atoms with van der Waals surface area (Å²) in [6.07, 6.45) is 5.52. The van der Waals surface area contributed by atoms with Gasteiger partial charge in [0.05, 0.1) is 26.4 Å². The number of fused-ring (bicyclic) bond motifs is 3. The summed E-state index contributed by atoms with van der Waals surface area (Å²) in [7, 11) is 1.68. The molecule has 3 heterocycles. The van der Waals surface area contributed by atoms with Crippen LogP contribution in [0.4, 0.5) is 4.39 Å². The second-order valence-corrected chi connectivity index (χ2v) is 7.88. The number of quaternary nitrogens is 1. The molecule has 8 heteroatoms. The minimum Gasteiger partial charge on any atom is -0.496 e. The molecule has 2 N–H and O–H groups in total. The Morgan fingerprint density at radius 1 is 1.26 bits per heavy atom. The van der Waals surface area contributed by atoms with Crippen LogP contribution < -0.4 is 15.2 Å². The summed E-state index contributed by atoms with van der Waals surface area (Å²) >= 11 is 0. The summed E-state index contributed by atoms with van der Waals surface area (Å²) in [6.45, 7) is 3.26. The van der Waals surface area contributed by atoms with Crippen molar-refractivity contribution in [3.8, 4) is 5.75 Å². The molecule has 0 unspecified atom stereocenters. The quantitative estimate of drug-likeness (QED) is 0.486. The van der Waals surface area contributed by atoms with E-state index in [1.165, 1.54) is 49.1 Å². The van der Waals surface area contributed by atoms with Gasteiger partial charge in [-0.05, 0) is 42.0 Å². The highest BCUT2D eigenvalue weighted by Gasteiger charge is 2.18. The van der Waals surface area contributed by atoms with E-state index in [0.29, 0.717) is 21.9 Å². The van der Waals surface area contributed by atoms with Crippen LogP contribution in [0, 0.1) is 5.82 Å². The number of rotatable bonds is 5. The van der Waals surface area contributed by atoms with Gasteiger partial charge in [0.2, 0.25) is 0 Å². The molecule has 0 radical (unpaired) electrons. The van der Waals surface area contributed by atoms with Crippen molar-refractivity contribution in [2.75, 3.05) is 20.2 Å². The third kappa shape index (κ3) is 3.70. The first-order valence-corrected chi connectivity index (χ1v) is 10.4. The Bertz CT molecular complexity index is 1350. The molecule has 1 aliphatic rings. The third-order valence-corrected chi connectivity index (χ3v) is 5.84. The van der Waals surface area contributed by atoms with Crippen molar-refractivity contribution in [2.24, 2.45) is 5.10 Å². The van der Waals surface area contributed by atoms with Gasteiger partial charge in [-0.2, -0.15) is 9.78 Å². The van der Waals surface area contributed by atoms with Gasteiger partial charge in [-0.15, -0.1) is 0 Å². The fourth-order valence-electron chi connectivity index (χ4n) is 4.27. The van der Waals surface area contributed by atoms with Gasteiger partial charge in [0, 0.05) is 29.3 Å². The number of nitrogens with one attached hydrogen (secondary N) is 2. The molecule has 4 aromatic rings. The molecule has 31 heavy (non-hydrogen) atoms. The zero-order chi connectivity index (χ0) is 21.4. The summed E-state index contributed by atoms with van der Waals surface area (Å²) < 4.78 is 20.3. The standard InChI is InChI=1S/C23H22FN5O2/c1-31-20-7-4-15(10-16(20)13-28-8-2-3-9-28)12-26-29-14-25-21-18-11-17(24)5-6-19(18)27-22(21)23(29)30/h4-7,10-12,14,27H,2-3,8-9,13H2,1H3/p+1/b26-12+. The molecule has 0 amide bonds. The number of H-pyrrole nitrogens is 1. The molecular formula is C23H23FN5O2+. The molecule has 1 aliphatic heterocycles. The molecule has 2 aromatic carbocycles. The summed E-state index contributed by atoms with van der Waals surface area (Å²) in [6, 6.07) is 10.2. The van der Waals surface area contributed by atoms with Crippen molar-refractivity contribution in [1.29, 1.82) is 0 Å². The van der Waals surface area contributed by atoms with Crippen LogP contribution in [0.15, 0.2) is 52.6 Å². The summed E-state index contributed by atoms with van der Waals surface area (Å²) in [5, 5.41) is 4.89. The predicted octanol–water partition coefficient (Wildman–Crippen LogP) is 2.09. The molecule has 0 bridgehead atoms. The number of likely N-dealkylation sites (tertiary alicyclic amines) is 1. The Balaban J connectivity index is 1.47. The SMILES string of the molecule is COc1ccc(/C=N/n2cnc3c([nH]c4ccc(F)cc43)c2=O)cc1C[NH+]1CCCC1. The van der Waals surface area contributed by atoms with Crippen molar-refractivity contribution in [2.45, 2.75) is 19.4 Å². The minimum atomic E-state index is -0.372. The Kier molecular flexibility index (Phi) is 4.99. The molecule has 0 saturated carbocycles. The average molecular weight is 420 g/mol. The monoisotopic (exact) mass is 420 g/mol. The van der Waals surface area contributed by atoms with Crippen LogP contribution in [0.1, 0.15) is 24.0 Å². The van der Waals surface area contributed by atoms with Crippen LogP contribution in [0.25, 0.3) is 21.9 Å². The van der Waals surface area contributed by atoms with Gasteiger partial charge in [-0.3, -0.25) is 4.79 Å². The van der Waals surface area contributed by atoms with E-state index in [1.54, 1.807) is 24.3 Å². The number of hydrogen-bond acceptors (Lipinski definition) is 4. The van der Waals surface area contributed by atoms with Crippen LogP contribution in [-0.4, -0.2) is 41.1 Å². The van der Waals surface area contributed by atoms with Gasteiger partial charge in [-0.25, -0.2) is 9.37 Å². The summed E-state index contributed by atoms with van der Waals surface area (Å²) in [4.78, 5) is 21.8. The van der Waals surface area contributed by atoms with Crippen molar-refractivity contribution in [3.05, 3.63) is 70.0 Å². The molecule has 1 fully saturated rings. The number of halogens is 1. The third-order valence-electron chi connectivity index (χ3n) is 5.84. The van der Waals surface area contributed by atoms with E-state index in [-0.39, 0.29) is 11.4 Å². The second kappa shape index (κ2) is 7.96. The van der Waals surface area contributed by atoms with Crippen molar-refractivity contribution in [3.63, 3.8) is 0 Å². The predicted molar refractivity (Wildman–Crippen MR) is 117 cm³/mol. The molecule has 2 aromatic heterocycles. The number of aromatic amines is 1. The number of ether oxygens (including phenoxy) is 1.